The van der Waals surface area contributed by atoms with E-state index in [1.165, 1.54) is 6.07 Å². The van der Waals surface area contributed by atoms with Gasteiger partial charge in [-0.2, -0.15) is 0 Å². The average molecular weight is 335 g/mol. The second-order valence-electron chi connectivity index (χ2n) is 5.64. The molecule has 0 saturated carbocycles. The van der Waals surface area contributed by atoms with Gasteiger partial charge in [0.25, 0.3) is 5.91 Å². The van der Waals surface area contributed by atoms with Gasteiger partial charge in [-0.3, -0.25) is 9.78 Å². The molecule has 3 aromatic rings. The third-order valence-corrected chi connectivity index (χ3v) is 3.83. The number of aromatic nitrogens is 1. The molecular formula is C20H18FN3O. The van der Waals surface area contributed by atoms with E-state index in [-0.39, 0.29) is 11.7 Å². The Labute approximate surface area is 145 Å². The molecule has 0 aliphatic rings. The molecule has 3 rings (SSSR count). The molecule has 0 fully saturated rings. The van der Waals surface area contributed by atoms with Crippen LogP contribution in [0.1, 0.15) is 21.6 Å². The molecule has 1 aromatic heterocycles. The van der Waals surface area contributed by atoms with Crippen LogP contribution in [-0.2, 0) is 6.54 Å². The molecule has 1 heterocycles. The fourth-order valence-electron chi connectivity index (χ4n) is 2.40. The van der Waals surface area contributed by atoms with E-state index in [9.17, 15) is 9.18 Å². The number of halogens is 1. The summed E-state index contributed by atoms with van der Waals surface area (Å²) in [7, 11) is 0. The van der Waals surface area contributed by atoms with Crippen LogP contribution in [0.15, 0.2) is 66.9 Å². The first-order chi connectivity index (χ1) is 12.1. The zero-order valence-corrected chi connectivity index (χ0v) is 13.8. The number of rotatable bonds is 5. The minimum absolute atomic E-state index is 0.262. The summed E-state index contributed by atoms with van der Waals surface area (Å²) in [6.45, 7) is 2.25. The molecule has 0 radical (unpaired) electrons. The molecule has 2 aromatic carbocycles. The second-order valence-corrected chi connectivity index (χ2v) is 5.64. The van der Waals surface area contributed by atoms with Gasteiger partial charge in [0.15, 0.2) is 0 Å². The third kappa shape index (κ3) is 4.20. The second kappa shape index (κ2) is 7.57. The molecule has 0 aliphatic heterocycles. The van der Waals surface area contributed by atoms with Crippen LogP contribution in [0.4, 0.5) is 15.8 Å². The molecule has 0 bridgehead atoms. The Morgan fingerprint density at radius 2 is 1.84 bits per heavy atom. The Hall–Kier alpha value is -3.21. The average Bonchev–Trinajstić information content (AvgIpc) is 2.63. The van der Waals surface area contributed by atoms with E-state index < -0.39 is 0 Å². The molecule has 25 heavy (non-hydrogen) atoms. The van der Waals surface area contributed by atoms with Gasteiger partial charge >= 0.3 is 0 Å². The Morgan fingerprint density at radius 1 is 1.08 bits per heavy atom. The molecule has 126 valence electrons. The smallest absolute Gasteiger partial charge is 0.274 e. The number of anilines is 2. The fourth-order valence-corrected chi connectivity index (χ4v) is 2.40. The quantitative estimate of drug-likeness (QED) is 0.727. The lowest BCUT2D eigenvalue weighted by molar-refractivity contribution is 0.102. The highest BCUT2D eigenvalue weighted by atomic mass is 19.1. The van der Waals surface area contributed by atoms with Gasteiger partial charge in [-0.25, -0.2) is 4.39 Å². The predicted octanol–water partition coefficient (Wildman–Crippen LogP) is 4.39. The number of carbonyl (C=O) groups excluding carboxylic acids is 1. The lowest BCUT2D eigenvalue weighted by atomic mass is 10.2. The number of hydrogen-bond acceptors (Lipinski definition) is 3. The Bertz CT molecular complexity index is 895. The molecular weight excluding hydrogens is 317 g/mol. The van der Waals surface area contributed by atoms with E-state index in [2.05, 4.69) is 15.6 Å². The van der Waals surface area contributed by atoms with Crippen molar-refractivity contribution >= 4 is 17.3 Å². The van der Waals surface area contributed by atoms with Crippen molar-refractivity contribution in [2.75, 3.05) is 10.6 Å². The molecule has 1 amide bonds. The topological polar surface area (TPSA) is 54.0 Å². The van der Waals surface area contributed by atoms with Crippen LogP contribution in [0, 0.1) is 12.7 Å². The highest BCUT2D eigenvalue weighted by Crippen LogP contribution is 2.16. The largest absolute Gasteiger partial charge is 0.381 e. The molecule has 2 N–H and O–H groups in total. The van der Waals surface area contributed by atoms with E-state index >= 15 is 0 Å². The molecule has 0 spiro atoms. The number of nitrogens with zero attached hydrogens (tertiary/aromatic N) is 1. The zero-order valence-electron chi connectivity index (χ0n) is 13.8. The first-order valence-electron chi connectivity index (χ1n) is 7.94. The Morgan fingerprint density at radius 3 is 2.64 bits per heavy atom. The summed E-state index contributed by atoms with van der Waals surface area (Å²) in [5.41, 5.74) is 3.28. The molecule has 0 saturated heterocycles. The van der Waals surface area contributed by atoms with Gasteiger partial charge in [-0.15, -0.1) is 0 Å². The van der Waals surface area contributed by atoms with Crippen LogP contribution < -0.4 is 10.6 Å². The van der Waals surface area contributed by atoms with Crippen LogP contribution in [-0.4, -0.2) is 10.9 Å². The van der Waals surface area contributed by atoms with Crippen LogP contribution in [0.5, 0.6) is 0 Å². The normalized spacial score (nSPS) is 10.3. The van der Waals surface area contributed by atoms with Gasteiger partial charge in [0.2, 0.25) is 0 Å². The summed E-state index contributed by atoms with van der Waals surface area (Å²) in [4.78, 5) is 16.5. The number of amides is 1. The summed E-state index contributed by atoms with van der Waals surface area (Å²) in [5.74, 6) is -0.551. The van der Waals surface area contributed by atoms with Crippen LogP contribution in [0.3, 0.4) is 0 Å². The summed E-state index contributed by atoms with van der Waals surface area (Å²) < 4.78 is 13.7. The summed E-state index contributed by atoms with van der Waals surface area (Å²) in [6.07, 6.45) is 1.55. The number of hydrogen-bond donors (Lipinski definition) is 2. The van der Waals surface area contributed by atoms with E-state index in [0.717, 1.165) is 11.3 Å². The minimum atomic E-state index is -0.288. The van der Waals surface area contributed by atoms with E-state index in [1.807, 2.05) is 31.2 Å². The van der Waals surface area contributed by atoms with E-state index in [1.54, 1.807) is 36.5 Å². The van der Waals surface area contributed by atoms with Gasteiger partial charge in [0.05, 0.1) is 0 Å². The van der Waals surface area contributed by atoms with Gasteiger partial charge in [-0.05, 0) is 36.8 Å². The number of nitrogens with one attached hydrogen (secondary N) is 2. The third-order valence-electron chi connectivity index (χ3n) is 3.83. The maximum Gasteiger partial charge on any atom is 0.274 e. The van der Waals surface area contributed by atoms with Gasteiger partial charge in [0, 0.05) is 29.7 Å². The lowest BCUT2D eigenvalue weighted by Crippen LogP contribution is -2.14. The maximum atomic E-state index is 13.7. The minimum Gasteiger partial charge on any atom is -0.381 e. The van der Waals surface area contributed by atoms with Crippen molar-refractivity contribution in [1.82, 2.24) is 4.98 Å². The summed E-state index contributed by atoms with van der Waals surface area (Å²) >= 11 is 0. The molecule has 4 nitrogen and oxygen atoms in total. The van der Waals surface area contributed by atoms with E-state index in [0.29, 0.717) is 23.5 Å². The van der Waals surface area contributed by atoms with Crippen molar-refractivity contribution in [2.45, 2.75) is 13.5 Å². The van der Waals surface area contributed by atoms with Gasteiger partial charge in [-0.1, -0.05) is 36.4 Å². The highest BCUT2D eigenvalue weighted by Gasteiger charge is 2.10. The summed E-state index contributed by atoms with van der Waals surface area (Å²) in [5, 5.41) is 5.96. The van der Waals surface area contributed by atoms with Crippen LogP contribution >= 0.6 is 0 Å². The SMILES string of the molecule is Cc1ccccc1NC(=O)c1cc(NCc2ccccc2F)ccn1. The number of carbonyl (C=O) groups is 1. The van der Waals surface area contributed by atoms with Crippen molar-refractivity contribution in [3.8, 4) is 0 Å². The summed E-state index contributed by atoms with van der Waals surface area (Å²) in [6, 6.07) is 17.5. The van der Waals surface area contributed by atoms with Crippen LogP contribution in [0.2, 0.25) is 0 Å². The van der Waals surface area contributed by atoms with Crippen molar-refractivity contribution in [3.63, 3.8) is 0 Å². The van der Waals surface area contributed by atoms with Crippen molar-refractivity contribution in [1.29, 1.82) is 0 Å². The zero-order chi connectivity index (χ0) is 17.6. The number of benzene rings is 2. The standard InChI is InChI=1S/C20H18FN3O/c1-14-6-2-5-9-18(14)24-20(25)19-12-16(10-11-22-19)23-13-15-7-3-4-8-17(15)21/h2-12H,13H2,1H3,(H,22,23)(H,24,25). The number of pyridine rings is 1. The molecule has 0 aliphatic carbocycles. The number of para-hydroxylation sites is 1. The first-order valence-corrected chi connectivity index (χ1v) is 7.94. The molecule has 0 unspecified atom stereocenters. The lowest BCUT2D eigenvalue weighted by Gasteiger charge is -2.10. The van der Waals surface area contributed by atoms with Crippen LogP contribution in [0.25, 0.3) is 0 Å². The Kier molecular flexibility index (Phi) is 5.04. The monoisotopic (exact) mass is 335 g/mol. The molecule has 5 heteroatoms. The van der Waals surface area contributed by atoms with Gasteiger partial charge < -0.3 is 10.6 Å². The van der Waals surface area contributed by atoms with Crippen molar-refractivity contribution in [3.05, 3.63) is 89.5 Å². The number of aryl methyl sites for hydroxylation is 1. The fraction of sp³-hybridized carbons (Fsp3) is 0.100. The van der Waals surface area contributed by atoms with Crippen molar-refractivity contribution in [2.24, 2.45) is 0 Å². The maximum absolute atomic E-state index is 13.7. The first kappa shape index (κ1) is 16.6. The Balaban J connectivity index is 1.70. The van der Waals surface area contributed by atoms with E-state index in [4.69, 9.17) is 0 Å². The van der Waals surface area contributed by atoms with Crippen molar-refractivity contribution < 1.29 is 9.18 Å². The van der Waals surface area contributed by atoms with Gasteiger partial charge in [0.1, 0.15) is 11.5 Å². The highest BCUT2D eigenvalue weighted by molar-refractivity contribution is 6.03. The molecule has 0 atom stereocenters. The predicted molar refractivity (Wildman–Crippen MR) is 97.1 cm³/mol.